The molecule has 211 valence electrons. The summed E-state index contributed by atoms with van der Waals surface area (Å²) in [6.07, 6.45) is 11.1. The maximum atomic E-state index is 11.9. The molecular weight excluding hydrogens is 547 g/mol. The predicted octanol–water partition coefficient (Wildman–Crippen LogP) is 2.29. The fraction of sp³-hybridized carbons (Fsp3) is 0.429. The molecule has 4 rings (SSSR count). The van der Waals surface area contributed by atoms with Crippen LogP contribution in [0.5, 0.6) is 11.5 Å². The topological polar surface area (TPSA) is 197 Å². The van der Waals surface area contributed by atoms with E-state index in [-0.39, 0.29) is 52.1 Å². The van der Waals surface area contributed by atoms with Gasteiger partial charge in [0.15, 0.2) is 0 Å². The first-order chi connectivity index (χ1) is 18.2. The number of carbonyl (C=O) groups is 2. The van der Waals surface area contributed by atoms with Crippen molar-refractivity contribution >= 4 is 24.4 Å². The number of nitrogens with two attached hydrogens (primary N) is 2. The molecule has 0 saturated heterocycles. The van der Waals surface area contributed by atoms with Gasteiger partial charge in [-0.05, 0) is 48.9 Å². The molecule has 2 aromatic rings. The van der Waals surface area contributed by atoms with E-state index in [1.807, 2.05) is 0 Å². The zero-order valence-corrected chi connectivity index (χ0v) is 22.5. The van der Waals surface area contributed by atoms with Gasteiger partial charge < -0.3 is 31.9 Å². The monoisotopic (exact) mass is 581 g/mol. The van der Waals surface area contributed by atoms with E-state index in [1.165, 1.54) is 24.6 Å². The minimum Gasteiger partial charge on any atom is -0.871 e. The molecule has 1 radical (unpaired) electrons. The van der Waals surface area contributed by atoms with E-state index in [2.05, 4.69) is 9.98 Å². The summed E-state index contributed by atoms with van der Waals surface area (Å²) >= 11 is 0. The van der Waals surface area contributed by atoms with Gasteiger partial charge in [0, 0.05) is 24.5 Å². The van der Waals surface area contributed by atoms with Crippen LogP contribution in [-0.2, 0) is 16.8 Å². The Labute approximate surface area is 238 Å². The molecule has 0 unspecified atom stereocenters. The third-order valence-electron chi connectivity index (χ3n) is 6.93. The van der Waals surface area contributed by atoms with Crippen molar-refractivity contribution in [2.75, 3.05) is 0 Å². The maximum absolute atomic E-state index is 11.9. The zero-order valence-electron chi connectivity index (χ0n) is 21.5. The second-order valence-electron chi connectivity index (χ2n) is 9.65. The summed E-state index contributed by atoms with van der Waals surface area (Å²) < 4.78 is 0. The van der Waals surface area contributed by atoms with Gasteiger partial charge in [-0.1, -0.05) is 61.4 Å². The summed E-state index contributed by atoms with van der Waals surface area (Å²) in [5.41, 5.74) is 12.1. The normalized spacial score (nSPS) is 23.0. The van der Waals surface area contributed by atoms with Crippen LogP contribution in [0.4, 0.5) is 0 Å². The molecule has 0 aliphatic heterocycles. The zero-order chi connectivity index (χ0) is 27.7. The maximum Gasteiger partial charge on any atom is 2.00 e. The molecule has 4 atom stereocenters. The van der Waals surface area contributed by atoms with Crippen LogP contribution >= 0.6 is 0 Å². The van der Waals surface area contributed by atoms with Crippen molar-refractivity contribution in [2.45, 2.75) is 75.5 Å². The summed E-state index contributed by atoms with van der Waals surface area (Å²) in [5.74, 6) is -3.42. The number of rotatable bonds is 6. The number of para-hydroxylation sites is 2. The number of aromatic carboxylic acids is 2. The van der Waals surface area contributed by atoms with E-state index in [0.29, 0.717) is 11.1 Å². The van der Waals surface area contributed by atoms with Gasteiger partial charge in [0.2, 0.25) is 0 Å². The molecule has 2 aromatic carbocycles. The molecule has 11 heteroatoms. The van der Waals surface area contributed by atoms with E-state index in [0.717, 1.165) is 51.4 Å². The molecular formula is C28H34CoN4O6. The second-order valence-corrected chi connectivity index (χ2v) is 9.65. The fourth-order valence-corrected chi connectivity index (χ4v) is 4.65. The molecule has 2 aliphatic carbocycles. The van der Waals surface area contributed by atoms with Gasteiger partial charge in [-0.3, -0.25) is 9.98 Å². The number of carboxylic acid groups (broad SMARTS) is 2. The molecule has 0 amide bonds. The van der Waals surface area contributed by atoms with E-state index >= 15 is 0 Å². The van der Waals surface area contributed by atoms with Crippen molar-refractivity contribution in [3.8, 4) is 11.5 Å². The Morgan fingerprint density at radius 3 is 1.41 bits per heavy atom. The molecule has 2 fully saturated rings. The van der Waals surface area contributed by atoms with E-state index in [9.17, 15) is 19.8 Å². The van der Waals surface area contributed by atoms with Gasteiger partial charge in [-0.15, -0.1) is 0 Å². The van der Waals surface area contributed by atoms with Crippen LogP contribution in [0, 0.1) is 0 Å². The molecule has 0 bridgehead atoms. The average Bonchev–Trinajstić information content (AvgIpc) is 2.89. The summed E-state index contributed by atoms with van der Waals surface area (Å²) in [6.45, 7) is 0. The third kappa shape index (κ3) is 8.89. The summed E-state index contributed by atoms with van der Waals surface area (Å²) in [7, 11) is 0. The van der Waals surface area contributed by atoms with Crippen molar-refractivity contribution in [1.29, 1.82) is 0 Å². The van der Waals surface area contributed by atoms with Crippen LogP contribution < -0.4 is 21.7 Å². The molecule has 0 aromatic heterocycles. The van der Waals surface area contributed by atoms with Crippen molar-refractivity contribution in [2.24, 2.45) is 21.5 Å². The number of hydrogen-bond donors (Lipinski definition) is 4. The predicted molar refractivity (Wildman–Crippen MR) is 141 cm³/mol. The number of nitrogens with zero attached hydrogens (tertiary/aromatic N) is 2. The Bertz CT molecular complexity index is 1100. The Hall–Kier alpha value is -3.25. The van der Waals surface area contributed by atoms with Crippen molar-refractivity contribution in [1.82, 2.24) is 0 Å². The second kappa shape index (κ2) is 15.4. The van der Waals surface area contributed by atoms with Gasteiger partial charge in [0.25, 0.3) is 0 Å². The molecule has 10 nitrogen and oxygen atoms in total. The Balaban J connectivity index is 0.000000267. The van der Waals surface area contributed by atoms with Crippen LogP contribution in [0.15, 0.2) is 46.4 Å². The van der Waals surface area contributed by atoms with Gasteiger partial charge in [-0.2, -0.15) is 0 Å². The molecule has 2 saturated carbocycles. The summed E-state index contributed by atoms with van der Waals surface area (Å²) in [5, 5.41) is 41.5. The summed E-state index contributed by atoms with van der Waals surface area (Å²) in [6, 6.07) is 8.97. The average molecular weight is 582 g/mol. The first-order valence-corrected chi connectivity index (χ1v) is 12.8. The third-order valence-corrected chi connectivity index (χ3v) is 6.93. The van der Waals surface area contributed by atoms with Gasteiger partial charge in [0.05, 0.1) is 23.2 Å². The largest absolute Gasteiger partial charge is 2.00 e. The number of hydrogen-bond acceptors (Lipinski definition) is 8. The summed E-state index contributed by atoms with van der Waals surface area (Å²) in [4.78, 5) is 30.4. The van der Waals surface area contributed by atoms with E-state index in [1.54, 1.807) is 24.3 Å². The van der Waals surface area contributed by atoms with E-state index in [4.69, 9.17) is 21.7 Å². The van der Waals surface area contributed by atoms with Gasteiger partial charge in [0.1, 0.15) is 0 Å². The van der Waals surface area contributed by atoms with Gasteiger partial charge in [-0.25, -0.2) is 9.59 Å². The molecule has 0 heterocycles. The van der Waals surface area contributed by atoms with Crippen LogP contribution in [-0.4, -0.2) is 58.7 Å². The Morgan fingerprint density at radius 1 is 0.718 bits per heavy atom. The number of benzene rings is 2. The van der Waals surface area contributed by atoms with Crippen LogP contribution in [0.2, 0.25) is 0 Å². The first kappa shape index (κ1) is 32.0. The standard InChI is InChI=1S/2C14H18N2O3.Co/c2*15-11-6-1-2-7-12(11)16-8-9-4-3-5-10(13(9)17)14(18)19;/h2*3-5,8,11-12,17H,1-2,6-7,15H2,(H,18,19);/q;;+2/p-2/t2*11-,12-;/m11./s1. The Kier molecular flexibility index (Phi) is 12.6. The molecule has 2 aliphatic rings. The molecule has 39 heavy (non-hydrogen) atoms. The van der Waals surface area contributed by atoms with Crippen LogP contribution in [0.25, 0.3) is 0 Å². The Morgan fingerprint density at radius 2 is 1.08 bits per heavy atom. The fourth-order valence-electron chi connectivity index (χ4n) is 4.65. The minimum atomic E-state index is -1.21. The minimum absolute atomic E-state index is 0. The van der Waals surface area contributed by atoms with Crippen molar-refractivity contribution in [3.05, 3.63) is 58.7 Å². The molecule has 0 spiro atoms. The van der Waals surface area contributed by atoms with Crippen LogP contribution in [0.3, 0.4) is 0 Å². The van der Waals surface area contributed by atoms with Crippen LogP contribution in [0.1, 0.15) is 83.2 Å². The van der Waals surface area contributed by atoms with E-state index < -0.39 is 23.4 Å². The SMILES string of the molecule is N[C@@H]1CCCC[C@H]1N=Cc1cccc(C(=O)O)c1[O-].N[C@@H]1CCCC[C@H]1N=Cc1cccc(C(=O)O)c1[O-].[Co+2]. The smallest absolute Gasteiger partial charge is 0.871 e. The first-order valence-electron chi connectivity index (χ1n) is 12.8. The van der Waals surface area contributed by atoms with Gasteiger partial charge >= 0.3 is 28.7 Å². The quantitative estimate of drug-likeness (QED) is 0.373. The van der Waals surface area contributed by atoms with Crippen molar-refractivity contribution < 1.29 is 46.8 Å². The molecule has 6 N–H and O–H groups in total. The number of aliphatic imine (C=N–C) groups is 2. The van der Waals surface area contributed by atoms with Crippen molar-refractivity contribution in [3.63, 3.8) is 0 Å². The number of carboxylic acids is 2.